The molecular weight excluding hydrogens is 284 g/mol. The van der Waals surface area contributed by atoms with E-state index in [1.807, 2.05) is 41.8 Å². The van der Waals surface area contributed by atoms with Crippen LogP contribution in [-0.4, -0.2) is 4.98 Å². The molecule has 100 valence electrons. The van der Waals surface area contributed by atoms with Crippen molar-refractivity contribution < 1.29 is 8.83 Å². The van der Waals surface area contributed by atoms with E-state index >= 15 is 0 Å². The minimum Gasteiger partial charge on any atom is -0.467 e. The van der Waals surface area contributed by atoms with Crippen LogP contribution >= 0.6 is 11.3 Å². The normalized spacial score (nSPS) is 10.8. The van der Waals surface area contributed by atoms with E-state index in [0.717, 1.165) is 10.4 Å². The Morgan fingerprint density at radius 2 is 2.05 bits per heavy atom. The summed E-state index contributed by atoms with van der Waals surface area (Å²) in [5, 5.41) is 3.46. The Kier molecular flexibility index (Phi) is 2.62. The lowest BCUT2D eigenvalue weighted by molar-refractivity contribution is 0.581. The van der Waals surface area contributed by atoms with E-state index < -0.39 is 0 Å². The highest BCUT2D eigenvalue weighted by molar-refractivity contribution is 7.13. The predicted octanol–water partition coefficient (Wildman–Crippen LogP) is 5.37. The molecule has 0 N–H and O–H groups in total. The molecule has 0 bridgehead atoms. The fourth-order valence-corrected chi connectivity index (χ4v) is 2.97. The molecule has 4 nitrogen and oxygen atoms in total. The number of hydrogen-bond acceptors (Lipinski definition) is 4. The maximum absolute atomic E-state index is 7.40. The van der Waals surface area contributed by atoms with Crippen LogP contribution in [0.1, 0.15) is 0 Å². The largest absolute Gasteiger partial charge is 0.467 e. The number of fused-ring (bicyclic) bond motifs is 1. The van der Waals surface area contributed by atoms with E-state index in [1.54, 1.807) is 6.26 Å². The quantitative estimate of drug-likeness (QED) is 0.467. The molecule has 4 aromatic rings. The number of furan rings is 2. The third kappa shape index (κ3) is 1.85. The second-order valence-corrected chi connectivity index (χ2v) is 5.26. The summed E-state index contributed by atoms with van der Waals surface area (Å²) in [6, 6.07) is 11.2. The third-order valence-electron chi connectivity index (χ3n) is 3.15. The predicted molar refractivity (Wildman–Crippen MR) is 81.3 cm³/mol. The summed E-state index contributed by atoms with van der Waals surface area (Å²) in [6.07, 6.45) is 1.61. The van der Waals surface area contributed by atoms with E-state index in [0.29, 0.717) is 28.5 Å². The molecule has 0 aliphatic carbocycles. The van der Waals surface area contributed by atoms with Crippen molar-refractivity contribution in [2.75, 3.05) is 0 Å². The fourth-order valence-electron chi connectivity index (χ4n) is 2.21. The van der Waals surface area contributed by atoms with E-state index in [9.17, 15) is 0 Å². The Bertz CT molecular complexity index is 958. The first-order valence-electron chi connectivity index (χ1n) is 6.25. The first-order chi connectivity index (χ1) is 10.4. The van der Waals surface area contributed by atoms with Gasteiger partial charge in [0, 0.05) is 10.8 Å². The van der Waals surface area contributed by atoms with Gasteiger partial charge in [-0.25, -0.2) is 9.83 Å². The third-order valence-corrected chi connectivity index (χ3v) is 4.01. The summed E-state index contributed by atoms with van der Waals surface area (Å²) < 4.78 is 11.1. The second-order valence-electron chi connectivity index (χ2n) is 4.40. The molecule has 0 saturated carbocycles. The molecule has 3 heterocycles. The zero-order chi connectivity index (χ0) is 14.2. The fraction of sp³-hybridized carbons (Fsp3) is 0. The molecule has 0 aliphatic rings. The molecule has 21 heavy (non-hydrogen) atoms. The van der Waals surface area contributed by atoms with Crippen LogP contribution in [0.5, 0.6) is 0 Å². The summed E-state index contributed by atoms with van der Waals surface area (Å²) in [5.41, 5.74) is 1.86. The van der Waals surface area contributed by atoms with Crippen LogP contribution in [0, 0.1) is 6.57 Å². The van der Waals surface area contributed by atoms with Gasteiger partial charge in [0.25, 0.3) is 0 Å². The van der Waals surface area contributed by atoms with Gasteiger partial charge in [0.05, 0.1) is 12.8 Å². The van der Waals surface area contributed by atoms with E-state index in [4.69, 9.17) is 15.4 Å². The molecule has 1 aromatic carbocycles. The molecule has 3 aromatic heterocycles. The summed E-state index contributed by atoms with van der Waals surface area (Å²) >= 11 is 1.46. The topological polar surface area (TPSA) is 43.5 Å². The molecule has 0 saturated heterocycles. The smallest absolute Gasteiger partial charge is 0.241 e. The molecule has 0 aliphatic heterocycles. The van der Waals surface area contributed by atoms with Crippen LogP contribution in [0.3, 0.4) is 0 Å². The minimum absolute atomic E-state index is 0.502. The highest BCUT2D eigenvalue weighted by Gasteiger charge is 2.19. The van der Waals surface area contributed by atoms with Crippen LogP contribution in [0.4, 0.5) is 5.69 Å². The number of para-hydroxylation sites is 1. The standard InChI is InChI=1S/C16H8N2O2S/c1-17-14-10-5-2-3-6-12(10)20-15(14)11-9-21-16(18-11)13-7-4-8-19-13/h2-9H. The number of thiazole rings is 1. The first kappa shape index (κ1) is 11.9. The molecular formula is C16H8N2O2S. The van der Waals surface area contributed by atoms with Gasteiger partial charge in [0.15, 0.2) is 16.5 Å². The molecule has 0 spiro atoms. The van der Waals surface area contributed by atoms with Crippen molar-refractivity contribution in [3.05, 3.63) is 59.5 Å². The van der Waals surface area contributed by atoms with Crippen molar-refractivity contribution >= 4 is 28.0 Å². The summed E-state index contributed by atoms with van der Waals surface area (Å²) in [6.45, 7) is 7.40. The number of hydrogen-bond donors (Lipinski definition) is 0. The second kappa shape index (κ2) is 4.62. The average molecular weight is 292 g/mol. The van der Waals surface area contributed by atoms with Crippen LogP contribution in [0.25, 0.3) is 38.0 Å². The zero-order valence-corrected chi connectivity index (χ0v) is 11.6. The Morgan fingerprint density at radius 3 is 2.86 bits per heavy atom. The number of rotatable bonds is 2. The molecule has 0 unspecified atom stereocenters. The van der Waals surface area contributed by atoms with Crippen LogP contribution < -0.4 is 0 Å². The highest BCUT2D eigenvalue weighted by Crippen LogP contribution is 2.41. The van der Waals surface area contributed by atoms with Crippen molar-refractivity contribution in [2.45, 2.75) is 0 Å². The Hall–Kier alpha value is -2.84. The van der Waals surface area contributed by atoms with Crippen LogP contribution in [0.2, 0.25) is 0 Å². The average Bonchev–Trinajstić information content (AvgIpc) is 3.24. The summed E-state index contributed by atoms with van der Waals surface area (Å²) in [5.74, 6) is 1.23. The van der Waals surface area contributed by atoms with Gasteiger partial charge in [-0.15, -0.1) is 11.3 Å². The van der Waals surface area contributed by atoms with Crippen LogP contribution in [0.15, 0.2) is 56.9 Å². The molecule has 0 fully saturated rings. The van der Waals surface area contributed by atoms with Crippen molar-refractivity contribution in [3.8, 4) is 22.2 Å². The summed E-state index contributed by atoms with van der Waals surface area (Å²) in [7, 11) is 0. The highest BCUT2D eigenvalue weighted by atomic mass is 32.1. The van der Waals surface area contributed by atoms with Gasteiger partial charge in [-0.3, -0.25) is 0 Å². The monoisotopic (exact) mass is 292 g/mol. The first-order valence-corrected chi connectivity index (χ1v) is 7.13. The SMILES string of the molecule is [C-]#[N+]c1c(-c2csc(-c3ccco3)n2)oc2ccccc12. The minimum atomic E-state index is 0.502. The Labute approximate surface area is 124 Å². The maximum atomic E-state index is 7.40. The van der Waals surface area contributed by atoms with Gasteiger partial charge in [-0.1, -0.05) is 18.2 Å². The zero-order valence-electron chi connectivity index (χ0n) is 10.7. The Morgan fingerprint density at radius 1 is 1.14 bits per heavy atom. The molecule has 4 rings (SSSR count). The van der Waals surface area contributed by atoms with Gasteiger partial charge in [0.2, 0.25) is 5.69 Å². The van der Waals surface area contributed by atoms with Gasteiger partial charge in [-0.2, -0.15) is 0 Å². The van der Waals surface area contributed by atoms with Crippen molar-refractivity contribution in [2.24, 2.45) is 0 Å². The summed E-state index contributed by atoms with van der Waals surface area (Å²) in [4.78, 5) is 8.12. The number of aromatic nitrogens is 1. The van der Waals surface area contributed by atoms with E-state index in [2.05, 4.69) is 9.83 Å². The van der Waals surface area contributed by atoms with Gasteiger partial charge >= 0.3 is 0 Å². The molecule has 0 radical (unpaired) electrons. The lowest BCUT2D eigenvalue weighted by Crippen LogP contribution is -1.75. The number of benzene rings is 1. The van der Waals surface area contributed by atoms with Gasteiger partial charge in [0.1, 0.15) is 11.3 Å². The molecule has 0 amide bonds. The van der Waals surface area contributed by atoms with Gasteiger partial charge in [-0.05, 0) is 18.2 Å². The van der Waals surface area contributed by atoms with E-state index in [1.165, 1.54) is 11.3 Å². The lowest BCUT2D eigenvalue weighted by atomic mass is 10.2. The molecule has 0 atom stereocenters. The van der Waals surface area contributed by atoms with Gasteiger partial charge < -0.3 is 8.83 Å². The lowest BCUT2D eigenvalue weighted by Gasteiger charge is -1.91. The van der Waals surface area contributed by atoms with Crippen LogP contribution in [-0.2, 0) is 0 Å². The van der Waals surface area contributed by atoms with Crippen molar-refractivity contribution in [1.82, 2.24) is 4.98 Å². The van der Waals surface area contributed by atoms with Crippen molar-refractivity contribution in [3.63, 3.8) is 0 Å². The molecule has 5 heteroatoms. The Balaban J connectivity index is 1.89. The van der Waals surface area contributed by atoms with E-state index in [-0.39, 0.29) is 0 Å². The maximum Gasteiger partial charge on any atom is 0.241 e. The number of nitrogens with zero attached hydrogens (tertiary/aromatic N) is 2. The van der Waals surface area contributed by atoms with Crippen molar-refractivity contribution in [1.29, 1.82) is 0 Å².